The lowest BCUT2D eigenvalue weighted by molar-refractivity contribution is 0.206. The number of hydrogen-bond acceptors (Lipinski definition) is 2. The van der Waals surface area contributed by atoms with Crippen molar-refractivity contribution in [2.45, 2.75) is 53.0 Å². The topological polar surface area (TPSA) is 50.2 Å². The summed E-state index contributed by atoms with van der Waals surface area (Å²) in [5.41, 5.74) is 1.22. The van der Waals surface area contributed by atoms with Gasteiger partial charge in [0.2, 0.25) is 0 Å². The van der Waals surface area contributed by atoms with Crippen molar-refractivity contribution < 1.29 is 4.79 Å². The lowest BCUT2D eigenvalue weighted by atomic mass is 10.1. The third kappa shape index (κ3) is 3.77. The molecule has 0 spiro atoms. The van der Waals surface area contributed by atoms with Crippen molar-refractivity contribution in [1.82, 2.24) is 19.8 Å². The summed E-state index contributed by atoms with van der Waals surface area (Å²) in [6, 6.07) is 0.0662. The summed E-state index contributed by atoms with van der Waals surface area (Å²) < 4.78 is 2.31. The Morgan fingerprint density at radius 3 is 2.95 bits per heavy atom. The molecule has 0 radical (unpaired) electrons. The van der Waals surface area contributed by atoms with E-state index in [-0.39, 0.29) is 6.03 Å². The number of hydrogen-bond donors (Lipinski definition) is 1. The van der Waals surface area contributed by atoms with Crippen LogP contribution in [-0.4, -0.2) is 40.1 Å². The van der Waals surface area contributed by atoms with Gasteiger partial charge in [-0.15, -0.1) is 0 Å². The summed E-state index contributed by atoms with van der Waals surface area (Å²) in [6.07, 6.45) is 4.07. The highest BCUT2D eigenvalue weighted by Gasteiger charge is 2.30. The van der Waals surface area contributed by atoms with Gasteiger partial charge in [0.1, 0.15) is 5.82 Å². The fourth-order valence-corrected chi connectivity index (χ4v) is 2.88. The molecular weight excluding hydrogens is 264 g/mol. The van der Waals surface area contributed by atoms with E-state index in [1.165, 1.54) is 5.69 Å². The van der Waals surface area contributed by atoms with Gasteiger partial charge in [-0.05, 0) is 25.7 Å². The Balaban J connectivity index is 1.97. The van der Waals surface area contributed by atoms with Crippen LogP contribution in [0.1, 0.15) is 51.0 Å². The maximum atomic E-state index is 12.1. The number of nitrogens with one attached hydrogen (secondary N) is 1. The van der Waals surface area contributed by atoms with Gasteiger partial charge in [0.05, 0.1) is 0 Å². The molecule has 1 atom stereocenters. The minimum absolute atomic E-state index is 0.0662. The predicted octanol–water partition coefficient (Wildman–Crippen LogP) is 2.76. The zero-order chi connectivity index (χ0) is 15.4. The lowest BCUT2D eigenvalue weighted by Crippen LogP contribution is -2.40. The first-order valence-electron chi connectivity index (χ1n) is 8.07. The molecule has 1 fully saturated rings. The normalized spacial score (nSPS) is 18.5. The van der Waals surface area contributed by atoms with E-state index in [1.54, 1.807) is 0 Å². The van der Waals surface area contributed by atoms with Crippen LogP contribution >= 0.6 is 0 Å². The highest BCUT2D eigenvalue weighted by Crippen LogP contribution is 2.27. The number of aromatic nitrogens is 2. The second kappa shape index (κ2) is 6.96. The fourth-order valence-electron chi connectivity index (χ4n) is 2.88. The number of carbonyl (C=O) groups is 1. The van der Waals surface area contributed by atoms with E-state index >= 15 is 0 Å². The molecule has 118 valence electrons. The minimum atomic E-state index is 0.0662. The van der Waals surface area contributed by atoms with E-state index in [4.69, 9.17) is 0 Å². The molecule has 0 bridgehead atoms. The summed E-state index contributed by atoms with van der Waals surface area (Å²) in [7, 11) is 0. The van der Waals surface area contributed by atoms with Crippen LogP contribution in [0.3, 0.4) is 0 Å². The minimum Gasteiger partial charge on any atom is -0.338 e. The zero-order valence-corrected chi connectivity index (χ0v) is 13.7. The Kier molecular flexibility index (Phi) is 5.26. The van der Waals surface area contributed by atoms with E-state index in [9.17, 15) is 4.79 Å². The lowest BCUT2D eigenvalue weighted by Gasteiger charge is -2.19. The second-order valence-electron chi connectivity index (χ2n) is 6.42. The van der Waals surface area contributed by atoms with Gasteiger partial charge in [-0.1, -0.05) is 20.8 Å². The van der Waals surface area contributed by atoms with Gasteiger partial charge >= 0.3 is 6.03 Å². The van der Waals surface area contributed by atoms with Gasteiger partial charge in [-0.2, -0.15) is 0 Å². The van der Waals surface area contributed by atoms with E-state index in [0.29, 0.717) is 11.8 Å². The third-order valence-corrected chi connectivity index (χ3v) is 4.04. The van der Waals surface area contributed by atoms with Crippen LogP contribution < -0.4 is 5.32 Å². The Bertz CT molecular complexity index is 481. The molecule has 5 heteroatoms. The molecule has 1 saturated heterocycles. The molecule has 2 heterocycles. The SMILES string of the molecule is CCCn1c(C)cnc1C1CCN(C(=O)NCC(C)C)C1. The van der Waals surface area contributed by atoms with Gasteiger partial charge in [-0.3, -0.25) is 0 Å². The highest BCUT2D eigenvalue weighted by atomic mass is 16.2. The molecule has 0 saturated carbocycles. The molecule has 1 N–H and O–H groups in total. The van der Waals surface area contributed by atoms with Crippen LogP contribution in [0.5, 0.6) is 0 Å². The molecule has 1 aromatic rings. The molecule has 5 nitrogen and oxygen atoms in total. The third-order valence-electron chi connectivity index (χ3n) is 4.04. The first-order chi connectivity index (χ1) is 10.0. The average Bonchev–Trinajstić information content (AvgIpc) is 3.05. The van der Waals surface area contributed by atoms with E-state index in [0.717, 1.165) is 44.8 Å². The monoisotopic (exact) mass is 292 g/mol. The first-order valence-corrected chi connectivity index (χ1v) is 8.07. The van der Waals surface area contributed by atoms with Crippen molar-refractivity contribution in [2.24, 2.45) is 5.92 Å². The van der Waals surface area contributed by atoms with Crippen LogP contribution in [0.4, 0.5) is 4.79 Å². The summed E-state index contributed by atoms with van der Waals surface area (Å²) in [5, 5.41) is 3.00. The van der Waals surface area contributed by atoms with Gasteiger partial charge in [0.15, 0.2) is 0 Å². The molecule has 2 rings (SSSR count). The fraction of sp³-hybridized carbons (Fsp3) is 0.750. The molecule has 0 aliphatic carbocycles. The highest BCUT2D eigenvalue weighted by molar-refractivity contribution is 5.74. The van der Waals surface area contributed by atoms with Gasteiger partial charge < -0.3 is 14.8 Å². The van der Waals surface area contributed by atoms with Crippen LogP contribution in [-0.2, 0) is 6.54 Å². The van der Waals surface area contributed by atoms with Gasteiger partial charge in [0.25, 0.3) is 0 Å². The van der Waals surface area contributed by atoms with Gasteiger partial charge in [0, 0.05) is 44.0 Å². The number of rotatable bonds is 5. The Morgan fingerprint density at radius 1 is 1.52 bits per heavy atom. The quantitative estimate of drug-likeness (QED) is 0.907. The van der Waals surface area contributed by atoms with Crippen molar-refractivity contribution in [3.05, 3.63) is 17.7 Å². The van der Waals surface area contributed by atoms with E-state index in [2.05, 4.69) is 42.6 Å². The molecule has 1 aromatic heterocycles. The zero-order valence-electron chi connectivity index (χ0n) is 13.7. The number of aryl methyl sites for hydroxylation is 1. The number of likely N-dealkylation sites (tertiary alicyclic amines) is 1. The first kappa shape index (κ1) is 15.9. The molecule has 1 aliphatic rings. The Hall–Kier alpha value is -1.52. The Labute approximate surface area is 127 Å². The summed E-state index contributed by atoms with van der Waals surface area (Å²) in [6.45, 7) is 11.9. The summed E-state index contributed by atoms with van der Waals surface area (Å²) in [5.74, 6) is 2.00. The van der Waals surface area contributed by atoms with E-state index < -0.39 is 0 Å². The van der Waals surface area contributed by atoms with E-state index in [1.807, 2.05) is 11.1 Å². The summed E-state index contributed by atoms with van der Waals surface area (Å²) >= 11 is 0. The predicted molar refractivity (Wildman–Crippen MR) is 84.4 cm³/mol. The molecule has 1 aliphatic heterocycles. The number of amides is 2. The summed E-state index contributed by atoms with van der Waals surface area (Å²) in [4.78, 5) is 18.6. The number of nitrogens with zero attached hydrogens (tertiary/aromatic N) is 3. The maximum absolute atomic E-state index is 12.1. The standard InChI is InChI=1S/C16H28N4O/c1-5-7-20-13(4)10-17-15(20)14-6-8-19(11-14)16(21)18-9-12(2)3/h10,12,14H,5-9,11H2,1-4H3,(H,18,21). The number of carbonyl (C=O) groups excluding carboxylic acids is 1. The van der Waals surface area contributed by atoms with Crippen LogP contribution in [0.15, 0.2) is 6.20 Å². The molecule has 1 unspecified atom stereocenters. The number of imidazole rings is 1. The van der Waals surface area contributed by atoms with Crippen molar-refractivity contribution in [1.29, 1.82) is 0 Å². The average molecular weight is 292 g/mol. The van der Waals surface area contributed by atoms with Crippen molar-refractivity contribution >= 4 is 6.03 Å². The van der Waals surface area contributed by atoms with Crippen molar-refractivity contribution in [3.8, 4) is 0 Å². The van der Waals surface area contributed by atoms with Crippen LogP contribution in [0, 0.1) is 12.8 Å². The van der Waals surface area contributed by atoms with Crippen LogP contribution in [0.25, 0.3) is 0 Å². The Morgan fingerprint density at radius 2 is 2.29 bits per heavy atom. The van der Waals surface area contributed by atoms with Crippen molar-refractivity contribution in [3.63, 3.8) is 0 Å². The molecule has 21 heavy (non-hydrogen) atoms. The smallest absolute Gasteiger partial charge is 0.317 e. The molecule has 2 amide bonds. The second-order valence-corrected chi connectivity index (χ2v) is 6.42. The van der Waals surface area contributed by atoms with Gasteiger partial charge in [-0.25, -0.2) is 9.78 Å². The number of urea groups is 1. The molecular formula is C16H28N4O. The largest absolute Gasteiger partial charge is 0.338 e. The van der Waals surface area contributed by atoms with Crippen molar-refractivity contribution in [2.75, 3.05) is 19.6 Å². The molecule has 0 aromatic carbocycles. The maximum Gasteiger partial charge on any atom is 0.317 e. The van der Waals surface area contributed by atoms with Crippen LogP contribution in [0.2, 0.25) is 0 Å².